The predicted molar refractivity (Wildman–Crippen MR) is 110 cm³/mol. The van der Waals surface area contributed by atoms with E-state index in [1.165, 1.54) is 0 Å². The minimum Gasteiger partial charge on any atom is -0.363 e. The number of anilines is 1. The van der Waals surface area contributed by atoms with Crippen LogP contribution in [0.2, 0.25) is 0 Å². The zero-order chi connectivity index (χ0) is 19.3. The first-order chi connectivity index (χ1) is 13.7. The highest BCUT2D eigenvalue weighted by Crippen LogP contribution is 2.23. The standard InChI is InChI=1S/C18H17N9S/c1-2-19-18(28)25-16-6-5-13-17(24-16)23-15(10-20-13)12-9-22-27-14(12)8-11-4-3-7-21-26-11/h3-7,9-10H,2,8H2,1H3,(H,22,27)(H2,19,23,24,25,28). The molecule has 4 aromatic rings. The zero-order valence-corrected chi connectivity index (χ0v) is 15.9. The van der Waals surface area contributed by atoms with Crippen LogP contribution >= 0.6 is 12.2 Å². The number of fused-ring (bicyclic) bond motifs is 1. The molecule has 0 aliphatic rings. The fourth-order valence-electron chi connectivity index (χ4n) is 2.70. The molecule has 0 atom stereocenters. The SMILES string of the molecule is CCNC(=S)Nc1ccc2ncc(-c3cn[nH]c3Cc3cccnn3)nc2n1. The van der Waals surface area contributed by atoms with E-state index in [-0.39, 0.29) is 0 Å². The number of nitrogens with one attached hydrogen (secondary N) is 3. The number of aromatic amines is 1. The number of nitrogens with zero attached hydrogens (tertiary/aromatic N) is 6. The van der Waals surface area contributed by atoms with Gasteiger partial charge in [0.2, 0.25) is 0 Å². The molecule has 0 aromatic carbocycles. The largest absolute Gasteiger partial charge is 0.363 e. The van der Waals surface area contributed by atoms with Gasteiger partial charge in [0.05, 0.1) is 29.5 Å². The molecule has 0 saturated carbocycles. The summed E-state index contributed by atoms with van der Waals surface area (Å²) in [5, 5.41) is 21.8. The molecule has 0 fully saturated rings. The van der Waals surface area contributed by atoms with E-state index in [0.717, 1.165) is 23.5 Å². The average Bonchev–Trinajstić information content (AvgIpc) is 3.16. The second-order valence-corrected chi connectivity index (χ2v) is 6.34. The molecule has 0 unspecified atom stereocenters. The van der Waals surface area contributed by atoms with Crippen molar-refractivity contribution in [1.82, 2.24) is 40.7 Å². The van der Waals surface area contributed by atoms with Crippen molar-refractivity contribution in [2.24, 2.45) is 0 Å². The number of hydrogen-bond donors (Lipinski definition) is 3. The lowest BCUT2D eigenvalue weighted by Gasteiger charge is -2.08. The molecule has 10 heteroatoms. The van der Waals surface area contributed by atoms with Crippen molar-refractivity contribution < 1.29 is 0 Å². The fourth-order valence-corrected chi connectivity index (χ4v) is 2.94. The van der Waals surface area contributed by atoms with E-state index >= 15 is 0 Å². The van der Waals surface area contributed by atoms with Crippen LogP contribution in [0.1, 0.15) is 18.3 Å². The molecule has 4 rings (SSSR count). The fraction of sp³-hybridized carbons (Fsp3) is 0.167. The van der Waals surface area contributed by atoms with Gasteiger partial charge in [0.25, 0.3) is 0 Å². The topological polar surface area (TPSA) is 117 Å². The van der Waals surface area contributed by atoms with Gasteiger partial charge in [0.15, 0.2) is 10.8 Å². The van der Waals surface area contributed by atoms with Crippen molar-refractivity contribution in [3.63, 3.8) is 0 Å². The van der Waals surface area contributed by atoms with Gasteiger partial charge in [-0.3, -0.25) is 10.1 Å². The van der Waals surface area contributed by atoms with Crippen LogP contribution in [-0.2, 0) is 6.42 Å². The number of thiocarbonyl (C=S) groups is 1. The molecule has 0 aliphatic carbocycles. The van der Waals surface area contributed by atoms with Gasteiger partial charge < -0.3 is 10.6 Å². The van der Waals surface area contributed by atoms with Crippen molar-refractivity contribution >= 4 is 34.3 Å². The third-order valence-electron chi connectivity index (χ3n) is 3.97. The Balaban J connectivity index is 1.64. The molecular formula is C18H17N9S. The lowest BCUT2D eigenvalue weighted by atomic mass is 10.1. The van der Waals surface area contributed by atoms with E-state index in [4.69, 9.17) is 12.2 Å². The first-order valence-electron chi connectivity index (χ1n) is 8.71. The van der Waals surface area contributed by atoms with E-state index in [2.05, 4.69) is 46.0 Å². The molecular weight excluding hydrogens is 374 g/mol. The second kappa shape index (κ2) is 8.01. The quantitative estimate of drug-likeness (QED) is 0.440. The van der Waals surface area contributed by atoms with Crippen LogP contribution in [0.3, 0.4) is 0 Å². The second-order valence-electron chi connectivity index (χ2n) is 5.93. The zero-order valence-electron chi connectivity index (χ0n) is 15.0. The van der Waals surface area contributed by atoms with Crippen molar-refractivity contribution in [1.29, 1.82) is 0 Å². The minimum atomic E-state index is 0.513. The van der Waals surface area contributed by atoms with Crippen LogP contribution in [0.15, 0.2) is 42.9 Å². The Kier molecular flexibility index (Phi) is 5.11. The van der Waals surface area contributed by atoms with E-state index in [1.54, 1.807) is 18.6 Å². The Labute approximate surface area is 166 Å². The third-order valence-corrected chi connectivity index (χ3v) is 4.21. The lowest BCUT2D eigenvalue weighted by molar-refractivity contribution is 0.906. The Morgan fingerprint density at radius 1 is 1.18 bits per heavy atom. The Bertz CT molecular complexity index is 1110. The van der Waals surface area contributed by atoms with Gasteiger partial charge in [-0.05, 0) is 43.4 Å². The van der Waals surface area contributed by atoms with Gasteiger partial charge in [-0.25, -0.2) is 9.97 Å². The monoisotopic (exact) mass is 391 g/mol. The predicted octanol–water partition coefficient (Wildman–Crippen LogP) is 2.10. The Hall–Kier alpha value is -3.53. The molecule has 0 saturated heterocycles. The third kappa shape index (κ3) is 3.91. The number of rotatable bonds is 5. The van der Waals surface area contributed by atoms with Crippen molar-refractivity contribution in [3.8, 4) is 11.3 Å². The maximum atomic E-state index is 5.21. The normalized spacial score (nSPS) is 10.8. The first kappa shape index (κ1) is 17.9. The summed E-state index contributed by atoms with van der Waals surface area (Å²) in [5.41, 5.74) is 4.47. The Morgan fingerprint density at radius 3 is 2.93 bits per heavy atom. The number of H-pyrrole nitrogens is 1. The maximum Gasteiger partial charge on any atom is 0.180 e. The molecule has 0 bridgehead atoms. The van der Waals surface area contributed by atoms with Crippen molar-refractivity contribution in [3.05, 3.63) is 54.2 Å². The summed E-state index contributed by atoms with van der Waals surface area (Å²) in [6.45, 7) is 2.71. The van der Waals surface area contributed by atoms with Gasteiger partial charge in [-0.15, -0.1) is 0 Å². The molecule has 0 amide bonds. The molecule has 0 spiro atoms. The summed E-state index contributed by atoms with van der Waals surface area (Å²) in [6.07, 6.45) is 5.65. The number of pyridine rings is 1. The van der Waals surface area contributed by atoms with Gasteiger partial charge in [-0.1, -0.05) is 0 Å². The highest BCUT2D eigenvalue weighted by molar-refractivity contribution is 7.80. The first-order valence-corrected chi connectivity index (χ1v) is 9.11. The summed E-state index contributed by atoms with van der Waals surface area (Å²) in [4.78, 5) is 13.6. The summed E-state index contributed by atoms with van der Waals surface area (Å²) in [7, 11) is 0. The molecule has 4 aromatic heterocycles. The van der Waals surface area contributed by atoms with Crippen LogP contribution in [0.4, 0.5) is 5.82 Å². The smallest absolute Gasteiger partial charge is 0.180 e. The summed E-state index contributed by atoms with van der Waals surface area (Å²) < 4.78 is 0. The average molecular weight is 391 g/mol. The molecule has 0 radical (unpaired) electrons. The van der Waals surface area contributed by atoms with Gasteiger partial charge in [-0.2, -0.15) is 15.3 Å². The van der Waals surface area contributed by atoms with Crippen LogP contribution in [0.25, 0.3) is 22.4 Å². The number of hydrogen-bond acceptors (Lipinski definition) is 7. The van der Waals surface area contributed by atoms with Gasteiger partial charge in [0.1, 0.15) is 11.3 Å². The van der Waals surface area contributed by atoms with E-state index in [9.17, 15) is 0 Å². The molecule has 0 aliphatic heterocycles. The highest BCUT2D eigenvalue weighted by Gasteiger charge is 2.12. The maximum absolute atomic E-state index is 5.21. The molecule has 9 nitrogen and oxygen atoms in total. The summed E-state index contributed by atoms with van der Waals surface area (Å²) >= 11 is 5.21. The number of aromatic nitrogens is 7. The molecule has 4 heterocycles. The van der Waals surface area contributed by atoms with Crippen LogP contribution < -0.4 is 10.6 Å². The van der Waals surface area contributed by atoms with Crippen molar-refractivity contribution in [2.45, 2.75) is 13.3 Å². The van der Waals surface area contributed by atoms with Crippen LogP contribution in [0.5, 0.6) is 0 Å². The molecule has 3 N–H and O–H groups in total. The van der Waals surface area contributed by atoms with E-state index in [0.29, 0.717) is 34.2 Å². The highest BCUT2D eigenvalue weighted by atomic mass is 32.1. The van der Waals surface area contributed by atoms with Crippen LogP contribution in [0, 0.1) is 0 Å². The van der Waals surface area contributed by atoms with E-state index in [1.807, 2.05) is 31.2 Å². The molecule has 140 valence electrons. The van der Waals surface area contributed by atoms with Gasteiger partial charge >= 0.3 is 0 Å². The Morgan fingerprint density at radius 2 is 2.11 bits per heavy atom. The summed E-state index contributed by atoms with van der Waals surface area (Å²) in [6, 6.07) is 7.43. The van der Waals surface area contributed by atoms with Crippen molar-refractivity contribution in [2.75, 3.05) is 11.9 Å². The minimum absolute atomic E-state index is 0.513. The lowest BCUT2D eigenvalue weighted by Crippen LogP contribution is -2.28. The van der Waals surface area contributed by atoms with E-state index < -0.39 is 0 Å². The summed E-state index contributed by atoms with van der Waals surface area (Å²) in [5.74, 6) is 0.608. The van der Waals surface area contributed by atoms with Crippen LogP contribution in [-0.4, -0.2) is 47.0 Å². The van der Waals surface area contributed by atoms with Gasteiger partial charge in [0, 0.05) is 24.7 Å². The molecule has 28 heavy (non-hydrogen) atoms.